The van der Waals surface area contributed by atoms with Crippen molar-refractivity contribution in [2.75, 3.05) is 39.4 Å². The molecule has 1 fully saturated rings. The first kappa shape index (κ1) is 20.8. The Kier molecular flexibility index (Phi) is 8.34. The van der Waals surface area contributed by atoms with Gasteiger partial charge < -0.3 is 14.7 Å². The Morgan fingerprint density at radius 3 is 2.50 bits per heavy atom. The lowest BCUT2D eigenvalue weighted by molar-refractivity contribution is 0.0533. The molecule has 2 aromatic rings. The highest BCUT2D eigenvalue weighted by molar-refractivity contribution is 5.27. The molecule has 1 heterocycles. The molecular formula is C24H34N2O2. The van der Waals surface area contributed by atoms with E-state index in [0.29, 0.717) is 12.6 Å². The fraction of sp³-hybridized carbons (Fsp3) is 0.500. The highest BCUT2D eigenvalue weighted by Crippen LogP contribution is 2.19. The maximum Gasteiger partial charge on any atom is 0.119 e. The smallest absolute Gasteiger partial charge is 0.119 e. The molecule has 4 nitrogen and oxygen atoms in total. The van der Waals surface area contributed by atoms with Gasteiger partial charge in [0.1, 0.15) is 5.75 Å². The maximum atomic E-state index is 9.55. The summed E-state index contributed by atoms with van der Waals surface area (Å²) in [6, 6.07) is 19.6. The minimum absolute atomic E-state index is 0.252. The van der Waals surface area contributed by atoms with Crippen molar-refractivity contribution in [2.45, 2.75) is 38.8 Å². The maximum absolute atomic E-state index is 9.55. The highest BCUT2D eigenvalue weighted by Gasteiger charge is 2.26. The normalized spacial score (nSPS) is 18.3. The van der Waals surface area contributed by atoms with Crippen LogP contribution >= 0.6 is 0 Å². The molecule has 3 rings (SSSR count). The van der Waals surface area contributed by atoms with Crippen molar-refractivity contribution < 1.29 is 9.84 Å². The van der Waals surface area contributed by atoms with Gasteiger partial charge in [-0.15, -0.1) is 0 Å². The second-order valence-electron chi connectivity index (χ2n) is 7.60. The van der Waals surface area contributed by atoms with Gasteiger partial charge in [-0.2, -0.15) is 0 Å². The standard InChI is InChI=1S/C24H34N2O2/c1-2-28-24-12-10-22(11-13-24)19-26-17-16-25(20-23(26)14-18-27)15-6-9-21-7-4-3-5-8-21/h3-5,7-8,10-13,23,27H,2,6,9,14-20H2,1H3/t23-/m0/s1. The van der Waals surface area contributed by atoms with E-state index in [4.69, 9.17) is 4.74 Å². The van der Waals surface area contributed by atoms with E-state index in [1.807, 2.05) is 6.92 Å². The number of aryl methyl sites for hydroxylation is 1. The molecular weight excluding hydrogens is 348 g/mol. The van der Waals surface area contributed by atoms with Crippen molar-refractivity contribution in [1.29, 1.82) is 0 Å². The van der Waals surface area contributed by atoms with Gasteiger partial charge >= 0.3 is 0 Å². The first-order valence-electron chi connectivity index (χ1n) is 10.6. The van der Waals surface area contributed by atoms with E-state index in [9.17, 15) is 5.11 Å². The second-order valence-corrected chi connectivity index (χ2v) is 7.60. The van der Waals surface area contributed by atoms with Gasteiger partial charge in [-0.25, -0.2) is 0 Å². The Bertz CT molecular complexity index is 675. The average molecular weight is 383 g/mol. The molecule has 1 aliphatic rings. The summed E-state index contributed by atoms with van der Waals surface area (Å²) in [5.41, 5.74) is 2.73. The zero-order valence-corrected chi connectivity index (χ0v) is 17.1. The predicted octanol–water partition coefficient (Wildman–Crippen LogP) is 3.59. The molecule has 0 spiro atoms. The molecule has 2 aromatic carbocycles. The lowest BCUT2D eigenvalue weighted by Gasteiger charge is -2.41. The molecule has 0 aliphatic carbocycles. The van der Waals surface area contributed by atoms with Gasteiger partial charge in [-0.3, -0.25) is 4.90 Å². The molecule has 1 N–H and O–H groups in total. The molecule has 0 radical (unpaired) electrons. The first-order valence-corrected chi connectivity index (χ1v) is 10.6. The fourth-order valence-corrected chi connectivity index (χ4v) is 4.04. The van der Waals surface area contributed by atoms with E-state index in [0.717, 1.165) is 51.3 Å². The predicted molar refractivity (Wildman–Crippen MR) is 115 cm³/mol. The number of piperazine rings is 1. The lowest BCUT2D eigenvalue weighted by Crippen LogP contribution is -2.53. The molecule has 28 heavy (non-hydrogen) atoms. The number of aliphatic hydroxyl groups is 1. The van der Waals surface area contributed by atoms with Crippen molar-refractivity contribution in [1.82, 2.24) is 9.80 Å². The van der Waals surface area contributed by atoms with Crippen LogP contribution in [0.15, 0.2) is 54.6 Å². The summed E-state index contributed by atoms with van der Waals surface area (Å²) in [6.07, 6.45) is 3.17. The Morgan fingerprint density at radius 1 is 1.00 bits per heavy atom. The van der Waals surface area contributed by atoms with Gasteiger partial charge in [0.15, 0.2) is 0 Å². The summed E-state index contributed by atoms with van der Waals surface area (Å²) in [6.45, 7) is 8.24. The van der Waals surface area contributed by atoms with Crippen LogP contribution in [0.4, 0.5) is 0 Å². The molecule has 1 aliphatic heterocycles. The number of rotatable bonds is 10. The number of hydrogen-bond donors (Lipinski definition) is 1. The number of nitrogens with zero attached hydrogens (tertiary/aromatic N) is 2. The van der Waals surface area contributed by atoms with E-state index in [1.165, 1.54) is 17.5 Å². The molecule has 1 atom stereocenters. The topological polar surface area (TPSA) is 35.9 Å². The minimum atomic E-state index is 0.252. The van der Waals surface area contributed by atoms with E-state index in [2.05, 4.69) is 64.4 Å². The zero-order chi connectivity index (χ0) is 19.6. The lowest BCUT2D eigenvalue weighted by atomic mass is 10.1. The monoisotopic (exact) mass is 382 g/mol. The summed E-state index contributed by atoms with van der Waals surface area (Å²) in [5, 5.41) is 9.55. The van der Waals surface area contributed by atoms with Gasteiger partial charge in [0.2, 0.25) is 0 Å². The largest absolute Gasteiger partial charge is 0.494 e. The Labute approximate surface area is 169 Å². The molecule has 0 unspecified atom stereocenters. The van der Waals surface area contributed by atoms with Crippen LogP contribution in [-0.4, -0.2) is 60.3 Å². The number of aliphatic hydroxyl groups excluding tert-OH is 1. The van der Waals surface area contributed by atoms with Crippen molar-refractivity contribution in [3.05, 3.63) is 65.7 Å². The van der Waals surface area contributed by atoms with Gasteiger partial charge in [-0.1, -0.05) is 42.5 Å². The van der Waals surface area contributed by atoms with Crippen LogP contribution < -0.4 is 4.74 Å². The zero-order valence-electron chi connectivity index (χ0n) is 17.1. The van der Waals surface area contributed by atoms with Crippen LogP contribution in [-0.2, 0) is 13.0 Å². The van der Waals surface area contributed by atoms with Crippen LogP contribution in [0, 0.1) is 0 Å². The molecule has 0 aromatic heterocycles. The molecule has 4 heteroatoms. The summed E-state index contributed by atoms with van der Waals surface area (Å²) in [7, 11) is 0. The molecule has 0 amide bonds. The Morgan fingerprint density at radius 2 is 1.79 bits per heavy atom. The van der Waals surface area contributed by atoms with E-state index >= 15 is 0 Å². The molecule has 152 valence electrons. The third-order valence-electron chi connectivity index (χ3n) is 5.55. The van der Waals surface area contributed by atoms with Crippen LogP contribution in [0.2, 0.25) is 0 Å². The van der Waals surface area contributed by atoms with Crippen LogP contribution in [0.1, 0.15) is 30.9 Å². The quantitative estimate of drug-likeness (QED) is 0.681. The molecule has 1 saturated heterocycles. The van der Waals surface area contributed by atoms with Gasteiger partial charge in [0.25, 0.3) is 0 Å². The fourth-order valence-electron chi connectivity index (χ4n) is 4.04. The summed E-state index contributed by atoms with van der Waals surface area (Å²) >= 11 is 0. The van der Waals surface area contributed by atoms with E-state index in [-0.39, 0.29) is 6.61 Å². The molecule has 0 saturated carbocycles. The average Bonchev–Trinajstić information content (AvgIpc) is 2.72. The SMILES string of the molecule is CCOc1ccc(CN2CCN(CCCc3ccccc3)C[C@@H]2CCO)cc1. The van der Waals surface area contributed by atoms with Crippen LogP contribution in [0.3, 0.4) is 0 Å². The van der Waals surface area contributed by atoms with Gasteiger partial charge in [-0.05, 0) is 56.0 Å². The number of benzene rings is 2. The van der Waals surface area contributed by atoms with Crippen molar-refractivity contribution in [2.24, 2.45) is 0 Å². The summed E-state index contributed by atoms with van der Waals surface area (Å²) in [5.74, 6) is 0.932. The van der Waals surface area contributed by atoms with Crippen LogP contribution in [0.25, 0.3) is 0 Å². The van der Waals surface area contributed by atoms with Crippen LogP contribution in [0.5, 0.6) is 5.75 Å². The number of hydrogen-bond acceptors (Lipinski definition) is 4. The van der Waals surface area contributed by atoms with Gasteiger partial charge in [0, 0.05) is 38.8 Å². The number of ether oxygens (including phenoxy) is 1. The van der Waals surface area contributed by atoms with Crippen molar-refractivity contribution in [3.8, 4) is 5.75 Å². The third-order valence-corrected chi connectivity index (χ3v) is 5.55. The highest BCUT2D eigenvalue weighted by atomic mass is 16.5. The van der Waals surface area contributed by atoms with Crippen molar-refractivity contribution >= 4 is 0 Å². The summed E-state index contributed by atoms with van der Waals surface area (Å²) in [4.78, 5) is 5.09. The Hall–Kier alpha value is -1.88. The van der Waals surface area contributed by atoms with E-state index in [1.54, 1.807) is 0 Å². The second kappa shape index (κ2) is 11.2. The third kappa shape index (κ3) is 6.33. The summed E-state index contributed by atoms with van der Waals surface area (Å²) < 4.78 is 5.54. The molecule has 0 bridgehead atoms. The first-order chi connectivity index (χ1) is 13.8. The van der Waals surface area contributed by atoms with Gasteiger partial charge in [0.05, 0.1) is 6.61 Å². The van der Waals surface area contributed by atoms with Crippen molar-refractivity contribution in [3.63, 3.8) is 0 Å². The minimum Gasteiger partial charge on any atom is -0.494 e. The Balaban J connectivity index is 1.49. The van der Waals surface area contributed by atoms with E-state index < -0.39 is 0 Å².